The molecule has 1 N–H and O–H groups in total. The zero-order valence-corrected chi connectivity index (χ0v) is 19.0. The second-order valence-corrected chi connectivity index (χ2v) is 8.00. The number of hydrogen-bond donors (Lipinski definition) is 1. The number of benzene rings is 2. The molecule has 1 atom stereocenters. The molecule has 0 aliphatic carbocycles. The number of carbonyl (C=O) groups is 1. The van der Waals surface area contributed by atoms with Crippen molar-refractivity contribution in [1.29, 1.82) is 0 Å². The minimum Gasteiger partial charge on any atom is -0.479 e. The van der Waals surface area contributed by atoms with Crippen molar-refractivity contribution >= 4 is 17.0 Å². The van der Waals surface area contributed by atoms with Gasteiger partial charge < -0.3 is 19.1 Å². The molecule has 6 nitrogen and oxygen atoms in total. The van der Waals surface area contributed by atoms with Gasteiger partial charge in [-0.1, -0.05) is 19.1 Å². The lowest BCUT2D eigenvalue weighted by molar-refractivity contribution is -0.145. The summed E-state index contributed by atoms with van der Waals surface area (Å²) in [5, 5.41) is 9.98. The summed E-state index contributed by atoms with van der Waals surface area (Å²) in [5.41, 5.74) is 1.49. The van der Waals surface area contributed by atoms with Crippen molar-refractivity contribution in [3.63, 3.8) is 0 Å². The molecule has 2 aromatic carbocycles. The van der Waals surface area contributed by atoms with E-state index in [1.54, 1.807) is 37.4 Å². The minimum atomic E-state index is -4.42. The van der Waals surface area contributed by atoms with Crippen LogP contribution in [0.1, 0.15) is 30.2 Å². The fourth-order valence-electron chi connectivity index (χ4n) is 3.79. The van der Waals surface area contributed by atoms with E-state index in [0.29, 0.717) is 35.5 Å². The number of hydrogen-bond acceptors (Lipinski definition) is 4. The maximum absolute atomic E-state index is 12.9. The van der Waals surface area contributed by atoms with Gasteiger partial charge in [-0.2, -0.15) is 13.2 Å². The highest BCUT2D eigenvalue weighted by Crippen LogP contribution is 2.37. The molecular weight excluding hydrogens is 461 g/mol. The lowest BCUT2D eigenvalue weighted by atomic mass is 10.2. The lowest BCUT2D eigenvalue weighted by Gasteiger charge is -2.14. The summed E-state index contributed by atoms with van der Waals surface area (Å²) >= 11 is 0. The summed E-state index contributed by atoms with van der Waals surface area (Å²) in [6.07, 6.45) is -3.38. The molecule has 4 aromatic rings. The Balaban J connectivity index is 1.65. The standard InChI is InChI=1S/C26H23F3N2O4/c1-3-22(25(32)33)34-20-7-4-6-17(14-20)15-31-16(2)23(21-8-5-13-30-24(21)31)35-19-11-9-18(10-12-19)26(27,28)29/h4-14,22H,3,15H2,1-2H3,(H,32,33)/t22-/m0/s1. The van der Waals surface area contributed by atoms with Gasteiger partial charge >= 0.3 is 12.1 Å². The average Bonchev–Trinajstić information content (AvgIpc) is 3.08. The van der Waals surface area contributed by atoms with Gasteiger partial charge in [-0.05, 0) is 67.4 Å². The smallest absolute Gasteiger partial charge is 0.416 e. The molecule has 0 saturated heterocycles. The number of carboxylic acids is 1. The number of ether oxygens (including phenoxy) is 2. The maximum Gasteiger partial charge on any atom is 0.416 e. The first-order valence-corrected chi connectivity index (χ1v) is 10.9. The van der Waals surface area contributed by atoms with E-state index in [-0.39, 0.29) is 5.75 Å². The number of alkyl halides is 3. The van der Waals surface area contributed by atoms with Crippen LogP contribution in [0, 0.1) is 6.92 Å². The Bertz CT molecular complexity index is 1350. The van der Waals surface area contributed by atoms with Crippen molar-refractivity contribution in [1.82, 2.24) is 9.55 Å². The molecule has 9 heteroatoms. The molecule has 0 spiro atoms. The Kier molecular flexibility index (Phi) is 6.68. The normalized spacial score (nSPS) is 12.5. The molecule has 0 unspecified atom stereocenters. The van der Waals surface area contributed by atoms with Crippen molar-refractivity contribution in [3.8, 4) is 17.2 Å². The van der Waals surface area contributed by atoms with E-state index in [1.165, 1.54) is 12.1 Å². The van der Waals surface area contributed by atoms with Gasteiger partial charge in [0.2, 0.25) is 0 Å². The zero-order valence-electron chi connectivity index (χ0n) is 19.0. The molecule has 0 fully saturated rings. The number of halogens is 3. The maximum atomic E-state index is 12.9. The van der Waals surface area contributed by atoms with Crippen LogP contribution in [-0.2, 0) is 17.5 Å². The topological polar surface area (TPSA) is 73.6 Å². The van der Waals surface area contributed by atoms with Crippen molar-refractivity contribution in [2.75, 3.05) is 0 Å². The SMILES string of the molecule is CC[C@H](Oc1cccc(Cn2c(C)c(Oc3ccc(C(F)(F)F)cc3)c3cccnc32)c1)C(=O)O. The summed E-state index contributed by atoms with van der Waals surface area (Å²) in [5.74, 6) is 0.190. The third kappa shape index (κ3) is 5.24. The van der Waals surface area contributed by atoms with Crippen LogP contribution in [0.15, 0.2) is 66.9 Å². The van der Waals surface area contributed by atoms with Gasteiger partial charge in [0.25, 0.3) is 0 Å². The Labute approximate surface area is 199 Å². The van der Waals surface area contributed by atoms with E-state index in [4.69, 9.17) is 9.47 Å². The number of nitrogens with zero attached hydrogens (tertiary/aromatic N) is 2. The first-order chi connectivity index (χ1) is 16.7. The highest BCUT2D eigenvalue weighted by Gasteiger charge is 2.30. The lowest BCUT2D eigenvalue weighted by Crippen LogP contribution is -2.25. The van der Waals surface area contributed by atoms with Crippen LogP contribution in [0.25, 0.3) is 11.0 Å². The van der Waals surface area contributed by atoms with Gasteiger partial charge in [-0.3, -0.25) is 0 Å². The van der Waals surface area contributed by atoms with E-state index < -0.39 is 23.8 Å². The average molecular weight is 484 g/mol. The molecule has 2 heterocycles. The molecule has 0 aliphatic rings. The van der Waals surface area contributed by atoms with Gasteiger partial charge in [0.05, 0.1) is 16.6 Å². The van der Waals surface area contributed by atoms with E-state index >= 15 is 0 Å². The summed E-state index contributed by atoms with van der Waals surface area (Å²) in [6.45, 7) is 3.98. The molecule has 35 heavy (non-hydrogen) atoms. The number of pyridine rings is 1. The predicted molar refractivity (Wildman–Crippen MR) is 124 cm³/mol. The van der Waals surface area contributed by atoms with E-state index in [9.17, 15) is 23.1 Å². The molecule has 0 radical (unpaired) electrons. The van der Waals surface area contributed by atoms with Crippen molar-refractivity contribution in [2.45, 2.75) is 39.1 Å². The second kappa shape index (κ2) is 9.69. The fourth-order valence-corrected chi connectivity index (χ4v) is 3.79. The minimum absolute atomic E-state index is 0.277. The second-order valence-electron chi connectivity index (χ2n) is 8.00. The van der Waals surface area contributed by atoms with Crippen LogP contribution in [0.4, 0.5) is 13.2 Å². The van der Waals surface area contributed by atoms with Gasteiger partial charge in [-0.15, -0.1) is 0 Å². The zero-order chi connectivity index (χ0) is 25.2. The predicted octanol–water partition coefficient (Wildman–Crippen LogP) is 6.45. The third-order valence-corrected chi connectivity index (χ3v) is 5.59. The van der Waals surface area contributed by atoms with E-state index in [1.807, 2.05) is 23.6 Å². The molecule has 0 aliphatic heterocycles. The first kappa shape index (κ1) is 24.1. The van der Waals surface area contributed by atoms with Crippen LogP contribution < -0.4 is 9.47 Å². The van der Waals surface area contributed by atoms with Crippen molar-refractivity contribution in [2.24, 2.45) is 0 Å². The number of carboxylic acid groups (broad SMARTS) is 1. The number of aromatic nitrogens is 2. The number of rotatable bonds is 8. The molecular formula is C26H23F3N2O4. The molecule has 2 aromatic heterocycles. The molecule has 0 saturated carbocycles. The first-order valence-electron chi connectivity index (χ1n) is 10.9. The van der Waals surface area contributed by atoms with Crippen LogP contribution in [-0.4, -0.2) is 26.7 Å². The van der Waals surface area contributed by atoms with Crippen molar-refractivity contribution < 1.29 is 32.5 Å². The molecule has 4 rings (SSSR count). The molecule has 0 amide bonds. The Morgan fingerprint density at radius 1 is 1.09 bits per heavy atom. The van der Waals surface area contributed by atoms with E-state index in [0.717, 1.165) is 23.4 Å². The Morgan fingerprint density at radius 2 is 1.83 bits per heavy atom. The highest BCUT2D eigenvalue weighted by atomic mass is 19.4. The van der Waals surface area contributed by atoms with Crippen LogP contribution in [0.5, 0.6) is 17.2 Å². The summed E-state index contributed by atoms with van der Waals surface area (Å²) < 4.78 is 52.2. The van der Waals surface area contributed by atoms with Gasteiger partial charge in [0, 0.05) is 12.7 Å². The molecule has 182 valence electrons. The Morgan fingerprint density at radius 3 is 2.49 bits per heavy atom. The van der Waals surface area contributed by atoms with Crippen molar-refractivity contribution in [3.05, 3.63) is 83.7 Å². The third-order valence-electron chi connectivity index (χ3n) is 5.59. The van der Waals surface area contributed by atoms with E-state index in [2.05, 4.69) is 4.98 Å². The van der Waals surface area contributed by atoms with Gasteiger partial charge in [-0.25, -0.2) is 9.78 Å². The van der Waals surface area contributed by atoms with Gasteiger partial charge in [0.15, 0.2) is 11.9 Å². The van der Waals surface area contributed by atoms with Gasteiger partial charge in [0.1, 0.15) is 17.1 Å². The summed E-state index contributed by atoms with van der Waals surface area (Å²) in [7, 11) is 0. The largest absolute Gasteiger partial charge is 0.479 e. The van der Waals surface area contributed by atoms with Crippen LogP contribution in [0.2, 0.25) is 0 Å². The number of fused-ring (bicyclic) bond motifs is 1. The number of aliphatic carboxylic acids is 1. The van der Waals surface area contributed by atoms with Crippen LogP contribution in [0.3, 0.4) is 0 Å². The highest BCUT2D eigenvalue weighted by molar-refractivity contribution is 5.86. The summed E-state index contributed by atoms with van der Waals surface area (Å²) in [4.78, 5) is 15.8. The molecule has 0 bridgehead atoms. The fraction of sp³-hybridized carbons (Fsp3) is 0.231. The summed E-state index contributed by atoms with van der Waals surface area (Å²) in [6, 6.07) is 15.3. The Hall–Kier alpha value is -4.01. The quantitative estimate of drug-likeness (QED) is 0.311. The monoisotopic (exact) mass is 484 g/mol. The van der Waals surface area contributed by atoms with Crippen LogP contribution >= 0.6 is 0 Å².